The van der Waals surface area contributed by atoms with E-state index < -0.39 is 5.97 Å². The summed E-state index contributed by atoms with van der Waals surface area (Å²) in [6, 6.07) is 0. The summed E-state index contributed by atoms with van der Waals surface area (Å²) in [5.41, 5.74) is 0. The van der Waals surface area contributed by atoms with Gasteiger partial charge in [-0.25, -0.2) is 0 Å². The minimum Gasteiger partial charge on any atom is -0.483 e. The van der Waals surface area contributed by atoms with Gasteiger partial charge in [0.25, 0.3) is 6.47 Å². The number of rotatable bonds is 42. The van der Waals surface area contributed by atoms with Crippen molar-refractivity contribution in [3.63, 3.8) is 0 Å². The number of carbonyl (C=O) groups is 2. The summed E-state index contributed by atoms with van der Waals surface area (Å²) in [6.07, 6.45) is 49.8. The van der Waals surface area contributed by atoms with Crippen LogP contribution in [0.1, 0.15) is 258 Å². The second-order valence-electron chi connectivity index (χ2n) is 17.4. The predicted molar refractivity (Wildman–Crippen MR) is 237 cm³/mol. The molecule has 1 rings (SSSR count). The largest absolute Gasteiger partial charge is 0.483 e. The van der Waals surface area contributed by atoms with Crippen molar-refractivity contribution >= 4 is 12.4 Å². The lowest BCUT2D eigenvalue weighted by molar-refractivity contribution is -0.137. The van der Waals surface area contributed by atoms with Gasteiger partial charge < -0.3 is 19.8 Å². The summed E-state index contributed by atoms with van der Waals surface area (Å²) >= 11 is 0. The van der Waals surface area contributed by atoms with E-state index in [4.69, 9.17) is 19.7 Å². The van der Waals surface area contributed by atoms with Crippen molar-refractivity contribution in [1.82, 2.24) is 4.90 Å². The van der Waals surface area contributed by atoms with E-state index in [2.05, 4.69) is 25.7 Å². The lowest BCUT2D eigenvalue weighted by Gasteiger charge is -2.19. The summed E-state index contributed by atoms with van der Waals surface area (Å²) in [4.78, 5) is 21.7. The van der Waals surface area contributed by atoms with E-state index in [1.165, 1.54) is 238 Å². The first kappa shape index (κ1) is 53.9. The normalized spacial score (nSPS) is 14.7. The first-order valence-corrected chi connectivity index (χ1v) is 24.6. The van der Waals surface area contributed by atoms with E-state index in [1.54, 1.807) is 0 Å². The molecule has 1 aliphatic rings. The molecule has 0 saturated carbocycles. The van der Waals surface area contributed by atoms with Crippen LogP contribution >= 0.6 is 0 Å². The third-order valence-corrected chi connectivity index (χ3v) is 12.5. The van der Waals surface area contributed by atoms with Crippen LogP contribution in [0.3, 0.4) is 0 Å². The Bertz CT molecular complexity index is 772. The third kappa shape index (κ3) is 39.5. The lowest BCUT2D eigenvalue weighted by Crippen LogP contribution is -2.21. The Morgan fingerprint density at radius 2 is 0.927 bits per heavy atom. The molecule has 2 N–H and O–H groups in total. The van der Waals surface area contributed by atoms with Crippen LogP contribution in [0, 0.1) is 11.8 Å². The Morgan fingerprint density at radius 3 is 1.36 bits per heavy atom. The van der Waals surface area contributed by atoms with Crippen molar-refractivity contribution in [2.45, 2.75) is 264 Å². The van der Waals surface area contributed by atoms with E-state index in [9.17, 15) is 4.79 Å². The molecule has 1 saturated heterocycles. The highest BCUT2D eigenvalue weighted by atomic mass is 16.5. The fourth-order valence-corrected chi connectivity index (χ4v) is 8.77. The molecule has 1 heterocycles. The van der Waals surface area contributed by atoms with Crippen molar-refractivity contribution in [3.05, 3.63) is 0 Å². The van der Waals surface area contributed by atoms with Gasteiger partial charge in [0.1, 0.15) is 0 Å². The zero-order valence-corrected chi connectivity index (χ0v) is 37.4. The first-order valence-electron chi connectivity index (χ1n) is 24.6. The molecular weight excluding hydrogens is 683 g/mol. The summed E-state index contributed by atoms with van der Waals surface area (Å²) < 4.78 is 6.50. The minimum atomic E-state index is -0.654. The van der Waals surface area contributed by atoms with Crippen LogP contribution in [0.25, 0.3) is 0 Å². The molecule has 55 heavy (non-hydrogen) atoms. The van der Waals surface area contributed by atoms with Gasteiger partial charge in [0, 0.05) is 13.0 Å². The number of ether oxygens (including phenoxy) is 1. The highest BCUT2D eigenvalue weighted by Crippen LogP contribution is 2.25. The zero-order valence-electron chi connectivity index (χ0n) is 37.4. The van der Waals surface area contributed by atoms with Crippen molar-refractivity contribution < 1.29 is 24.5 Å². The number of hydrogen-bond acceptors (Lipinski definition) is 4. The lowest BCUT2D eigenvalue weighted by atomic mass is 9.89. The fraction of sp³-hybridized carbons (Fsp3) is 0.959. The van der Waals surface area contributed by atoms with E-state index in [0.717, 1.165) is 31.3 Å². The van der Waals surface area contributed by atoms with Crippen LogP contribution in [0.15, 0.2) is 0 Å². The highest BCUT2D eigenvalue weighted by molar-refractivity contribution is 5.66. The van der Waals surface area contributed by atoms with Gasteiger partial charge in [-0.2, -0.15) is 0 Å². The Kier molecular flexibility index (Phi) is 43.1. The van der Waals surface area contributed by atoms with Crippen LogP contribution in [0.5, 0.6) is 0 Å². The van der Waals surface area contributed by atoms with Crippen LogP contribution < -0.4 is 0 Å². The van der Waals surface area contributed by atoms with Gasteiger partial charge in [-0.1, -0.05) is 207 Å². The molecule has 0 aromatic heterocycles. The molecule has 1 aliphatic heterocycles. The predicted octanol–water partition coefficient (Wildman–Crippen LogP) is 15.2. The molecule has 0 radical (unpaired) electrons. The second kappa shape index (κ2) is 44.0. The maximum absolute atomic E-state index is 10.7. The number of hydrogen-bond donors (Lipinski definition) is 2. The average molecular weight is 780 g/mol. The van der Waals surface area contributed by atoms with Gasteiger partial charge in [-0.15, -0.1) is 0 Å². The van der Waals surface area contributed by atoms with Gasteiger partial charge in [-0.3, -0.25) is 9.59 Å². The molecule has 6 nitrogen and oxygen atoms in total. The molecule has 0 amide bonds. The van der Waals surface area contributed by atoms with Crippen molar-refractivity contribution in [1.29, 1.82) is 0 Å². The summed E-state index contributed by atoms with van der Waals surface area (Å²) in [5, 5.41) is 15.7. The smallest absolute Gasteiger partial charge is 0.303 e. The number of likely N-dealkylation sites (tertiary alicyclic amines) is 1. The first-order chi connectivity index (χ1) is 27.0. The molecule has 3 atom stereocenters. The van der Waals surface area contributed by atoms with Gasteiger partial charge in [0.15, 0.2) is 0 Å². The Hall–Kier alpha value is -1.14. The van der Waals surface area contributed by atoms with Crippen molar-refractivity contribution in [2.75, 3.05) is 26.2 Å². The van der Waals surface area contributed by atoms with E-state index in [0.29, 0.717) is 12.5 Å². The number of unbranched alkanes of at least 4 members (excludes halogenated alkanes) is 20. The van der Waals surface area contributed by atoms with Gasteiger partial charge in [-0.05, 0) is 76.4 Å². The standard InChI is InChI=1S/C48H95NO3.CH2O2/c1-4-7-33-45(6-3)35-23-21-22-25-37-46(34-8-5-2)36-24-17-13-10-9-11-14-18-26-38-47(52-44-32-31-43-49-41-29-30-42-49)39-27-19-15-12-16-20-28-40-48(50)51;2-1-3/h45-47H,4-44H2,1-3H3,(H,50,51);1H,(H,2,3). The average Bonchev–Trinajstić information content (AvgIpc) is 3.70. The number of carboxylic acids is 1. The topological polar surface area (TPSA) is 87.1 Å². The van der Waals surface area contributed by atoms with Gasteiger partial charge >= 0.3 is 5.97 Å². The second-order valence-corrected chi connectivity index (χ2v) is 17.4. The molecule has 0 aromatic rings. The monoisotopic (exact) mass is 780 g/mol. The van der Waals surface area contributed by atoms with Crippen LogP contribution in [-0.4, -0.2) is 59.9 Å². The highest BCUT2D eigenvalue weighted by Gasteiger charge is 2.13. The van der Waals surface area contributed by atoms with Gasteiger partial charge in [0.05, 0.1) is 6.10 Å². The molecule has 0 spiro atoms. The summed E-state index contributed by atoms with van der Waals surface area (Å²) in [6.45, 7) is 11.7. The van der Waals surface area contributed by atoms with E-state index in [1.807, 2.05) is 0 Å². The van der Waals surface area contributed by atoms with E-state index >= 15 is 0 Å². The minimum absolute atomic E-state index is 0.250. The molecule has 0 aromatic carbocycles. The SMILES string of the molecule is CCCCC(CC)CCCCCCC(CCCC)CCCCCCCCCCCC(CCCCCCCCCC(=O)O)OCCCCN1CCCC1.O=CO. The van der Waals surface area contributed by atoms with Crippen LogP contribution in [0.2, 0.25) is 0 Å². The van der Waals surface area contributed by atoms with Crippen LogP contribution in [0.4, 0.5) is 0 Å². The van der Waals surface area contributed by atoms with Crippen molar-refractivity contribution in [3.8, 4) is 0 Å². The zero-order chi connectivity index (χ0) is 40.3. The summed E-state index contributed by atoms with van der Waals surface area (Å²) in [7, 11) is 0. The third-order valence-electron chi connectivity index (χ3n) is 12.5. The number of nitrogens with zero attached hydrogens (tertiary/aromatic N) is 1. The number of carboxylic acid groups (broad SMARTS) is 2. The quantitative estimate of drug-likeness (QED) is 0.0474. The van der Waals surface area contributed by atoms with Crippen LogP contribution in [-0.2, 0) is 14.3 Å². The summed E-state index contributed by atoms with van der Waals surface area (Å²) in [5.74, 6) is 1.34. The maximum Gasteiger partial charge on any atom is 0.303 e. The maximum atomic E-state index is 10.7. The molecule has 1 fully saturated rings. The van der Waals surface area contributed by atoms with Gasteiger partial charge in [0.2, 0.25) is 0 Å². The Balaban J connectivity index is 0.00000938. The molecule has 328 valence electrons. The molecular formula is C49H97NO5. The molecule has 3 unspecified atom stereocenters. The fourth-order valence-electron chi connectivity index (χ4n) is 8.77. The number of aliphatic carboxylic acids is 1. The molecule has 6 heteroatoms. The van der Waals surface area contributed by atoms with Crippen molar-refractivity contribution in [2.24, 2.45) is 11.8 Å². The molecule has 0 aliphatic carbocycles. The Morgan fingerprint density at radius 1 is 0.545 bits per heavy atom. The van der Waals surface area contributed by atoms with E-state index in [-0.39, 0.29) is 6.47 Å². The Labute approximate surface area is 343 Å². The molecule has 0 bridgehead atoms.